The first-order valence-corrected chi connectivity index (χ1v) is 13.6. The van der Waals surface area contributed by atoms with Crippen molar-refractivity contribution in [2.75, 3.05) is 16.4 Å². The molecule has 7 heteroatoms. The highest BCUT2D eigenvalue weighted by Crippen LogP contribution is 2.32. The number of anilines is 2. The molecule has 0 saturated carbocycles. The maximum absolute atomic E-state index is 13.2. The van der Waals surface area contributed by atoms with Crippen molar-refractivity contribution in [2.24, 2.45) is 0 Å². The van der Waals surface area contributed by atoms with E-state index in [1.54, 1.807) is 60.7 Å². The molecule has 0 spiro atoms. The summed E-state index contributed by atoms with van der Waals surface area (Å²) >= 11 is 1.30. The molecule has 6 nitrogen and oxygen atoms in total. The van der Waals surface area contributed by atoms with Crippen LogP contribution in [-0.2, 0) is 4.79 Å². The van der Waals surface area contributed by atoms with Crippen molar-refractivity contribution in [3.63, 3.8) is 0 Å². The molecule has 0 aromatic heterocycles. The molecule has 0 atom stereocenters. The van der Waals surface area contributed by atoms with Crippen LogP contribution >= 0.6 is 11.8 Å². The lowest BCUT2D eigenvalue weighted by molar-refractivity contribution is -0.113. The Hall–Kier alpha value is -5.01. The van der Waals surface area contributed by atoms with E-state index in [1.807, 2.05) is 48.5 Å². The van der Waals surface area contributed by atoms with E-state index in [1.165, 1.54) is 11.8 Å². The zero-order valence-electron chi connectivity index (χ0n) is 21.1. The summed E-state index contributed by atoms with van der Waals surface area (Å²) in [5.41, 5.74) is 2.67. The Morgan fingerprint density at radius 3 is 2.15 bits per heavy atom. The molecule has 40 heavy (non-hydrogen) atoms. The van der Waals surface area contributed by atoms with Gasteiger partial charge in [0.25, 0.3) is 5.91 Å². The Balaban J connectivity index is 1.12. The van der Waals surface area contributed by atoms with E-state index in [9.17, 15) is 19.2 Å². The molecule has 5 aromatic rings. The Kier molecular flexibility index (Phi) is 6.72. The normalized spacial score (nSPS) is 12.0. The van der Waals surface area contributed by atoms with Crippen LogP contribution in [-0.4, -0.2) is 29.1 Å². The second kappa shape index (κ2) is 10.6. The van der Waals surface area contributed by atoms with Crippen molar-refractivity contribution in [2.45, 2.75) is 4.90 Å². The molecule has 194 valence electrons. The Morgan fingerprint density at radius 2 is 1.32 bits per heavy atom. The molecule has 0 radical (unpaired) electrons. The van der Waals surface area contributed by atoms with E-state index in [4.69, 9.17) is 0 Å². The summed E-state index contributed by atoms with van der Waals surface area (Å²) in [5, 5.41) is 7.77. The standard InChI is InChI=1S/C33H22N2O4S/c36-29(35-28-14-6-13-27-30(28)32(38)26-12-4-3-11-25(26)31(27)37)19-40-24-10-5-9-23(18-24)34-33(39)22-16-15-20-7-1-2-8-21(20)17-22/h1-18H,19H2,(H,34,39)(H,35,36). The molecule has 0 fully saturated rings. The molecular formula is C33H22N2O4S. The van der Waals surface area contributed by atoms with Gasteiger partial charge in [0.15, 0.2) is 11.6 Å². The maximum Gasteiger partial charge on any atom is 0.255 e. The maximum atomic E-state index is 13.2. The van der Waals surface area contributed by atoms with Crippen LogP contribution in [0.15, 0.2) is 114 Å². The van der Waals surface area contributed by atoms with Gasteiger partial charge < -0.3 is 10.6 Å². The highest BCUT2D eigenvalue weighted by atomic mass is 32.2. The lowest BCUT2D eigenvalue weighted by Gasteiger charge is -2.20. The monoisotopic (exact) mass is 542 g/mol. The highest BCUT2D eigenvalue weighted by molar-refractivity contribution is 8.00. The van der Waals surface area contributed by atoms with E-state index in [0.717, 1.165) is 15.7 Å². The van der Waals surface area contributed by atoms with Crippen molar-refractivity contribution < 1.29 is 19.2 Å². The number of amides is 2. The fourth-order valence-corrected chi connectivity index (χ4v) is 5.54. The van der Waals surface area contributed by atoms with Crippen molar-refractivity contribution >= 4 is 57.3 Å². The van der Waals surface area contributed by atoms with Gasteiger partial charge in [0.1, 0.15) is 0 Å². The molecule has 0 bridgehead atoms. The first kappa shape index (κ1) is 25.3. The van der Waals surface area contributed by atoms with Crippen LogP contribution in [0.3, 0.4) is 0 Å². The lowest BCUT2D eigenvalue weighted by atomic mass is 9.83. The summed E-state index contributed by atoms with van der Waals surface area (Å²) < 4.78 is 0. The zero-order valence-corrected chi connectivity index (χ0v) is 22.0. The number of fused-ring (bicyclic) bond motifs is 3. The number of nitrogens with one attached hydrogen (secondary N) is 2. The molecule has 5 aromatic carbocycles. The van der Waals surface area contributed by atoms with Gasteiger partial charge in [-0.1, -0.05) is 72.8 Å². The average Bonchev–Trinajstić information content (AvgIpc) is 2.98. The van der Waals surface area contributed by atoms with Crippen LogP contribution < -0.4 is 10.6 Å². The van der Waals surface area contributed by atoms with Gasteiger partial charge in [-0.05, 0) is 47.2 Å². The molecule has 2 N–H and O–H groups in total. The van der Waals surface area contributed by atoms with Crippen molar-refractivity contribution in [3.05, 3.63) is 137 Å². The minimum absolute atomic E-state index is 0.0739. The van der Waals surface area contributed by atoms with E-state index in [-0.39, 0.29) is 40.3 Å². The molecule has 6 rings (SSSR count). The van der Waals surface area contributed by atoms with Crippen molar-refractivity contribution in [1.82, 2.24) is 0 Å². The average molecular weight is 543 g/mol. The molecular weight excluding hydrogens is 520 g/mol. The second-order valence-electron chi connectivity index (χ2n) is 9.31. The van der Waals surface area contributed by atoms with E-state index in [2.05, 4.69) is 10.6 Å². The third-order valence-corrected chi connectivity index (χ3v) is 7.69. The SMILES string of the molecule is O=C(CSc1cccc(NC(=O)c2ccc3ccccc3c2)c1)Nc1cccc2c1C(=O)c1ccccc1C2=O. The molecule has 0 unspecified atom stereocenters. The Morgan fingerprint density at radius 1 is 0.625 bits per heavy atom. The predicted octanol–water partition coefficient (Wildman–Crippen LogP) is 6.60. The summed E-state index contributed by atoms with van der Waals surface area (Å²) in [6.07, 6.45) is 0. The third-order valence-electron chi connectivity index (χ3n) is 6.70. The number of ketones is 2. The highest BCUT2D eigenvalue weighted by Gasteiger charge is 2.31. The fourth-order valence-electron chi connectivity index (χ4n) is 4.78. The van der Waals surface area contributed by atoms with Gasteiger partial charge >= 0.3 is 0 Å². The predicted molar refractivity (Wildman–Crippen MR) is 157 cm³/mol. The van der Waals surface area contributed by atoms with Gasteiger partial charge in [0.05, 0.1) is 17.0 Å². The Bertz CT molecular complexity index is 1850. The van der Waals surface area contributed by atoms with Crippen LogP contribution in [0, 0.1) is 0 Å². The number of carbonyl (C=O) groups is 4. The van der Waals surface area contributed by atoms with Gasteiger partial charge in [-0.3, -0.25) is 19.2 Å². The summed E-state index contributed by atoms with van der Waals surface area (Å²) in [6.45, 7) is 0. The first-order chi connectivity index (χ1) is 19.5. The number of benzene rings is 5. The van der Waals surface area contributed by atoms with Crippen LogP contribution in [0.2, 0.25) is 0 Å². The van der Waals surface area contributed by atoms with Gasteiger partial charge in [-0.2, -0.15) is 0 Å². The minimum Gasteiger partial charge on any atom is -0.325 e. The van der Waals surface area contributed by atoms with Crippen molar-refractivity contribution in [3.8, 4) is 0 Å². The molecule has 0 saturated heterocycles. The summed E-state index contributed by atoms with van der Waals surface area (Å²) in [5.74, 6) is -0.991. The lowest BCUT2D eigenvalue weighted by Crippen LogP contribution is -2.24. The quantitative estimate of drug-likeness (QED) is 0.232. The fraction of sp³-hybridized carbons (Fsp3) is 0.0303. The molecule has 0 aliphatic heterocycles. The van der Waals surface area contributed by atoms with E-state index >= 15 is 0 Å². The van der Waals surface area contributed by atoms with Gasteiger partial charge in [0.2, 0.25) is 5.91 Å². The summed E-state index contributed by atoms with van der Waals surface area (Å²) in [6, 6.07) is 32.3. The van der Waals surface area contributed by atoms with Crippen LogP contribution in [0.25, 0.3) is 10.8 Å². The number of rotatable bonds is 6. The summed E-state index contributed by atoms with van der Waals surface area (Å²) in [7, 11) is 0. The molecule has 0 heterocycles. The van der Waals surface area contributed by atoms with E-state index in [0.29, 0.717) is 28.1 Å². The second-order valence-corrected chi connectivity index (χ2v) is 10.4. The number of thioether (sulfide) groups is 1. The van der Waals surface area contributed by atoms with Crippen molar-refractivity contribution in [1.29, 1.82) is 0 Å². The van der Waals surface area contributed by atoms with Crippen LogP contribution in [0.5, 0.6) is 0 Å². The molecule has 1 aliphatic rings. The zero-order chi connectivity index (χ0) is 27.6. The topological polar surface area (TPSA) is 92.3 Å². The summed E-state index contributed by atoms with van der Waals surface area (Å²) in [4.78, 5) is 52.6. The van der Waals surface area contributed by atoms with Crippen LogP contribution in [0.4, 0.5) is 11.4 Å². The third kappa shape index (κ3) is 4.90. The van der Waals surface area contributed by atoms with Gasteiger partial charge in [0, 0.05) is 32.8 Å². The van der Waals surface area contributed by atoms with Gasteiger partial charge in [-0.25, -0.2) is 0 Å². The van der Waals surface area contributed by atoms with Crippen LogP contribution in [0.1, 0.15) is 42.2 Å². The number of hydrogen-bond acceptors (Lipinski definition) is 5. The largest absolute Gasteiger partial charge is 0.325 e. The number of carbonyl (C=O) groups excluding carboxylic acids is 4. The first-order valence-electron chi connectivity index (χ1n) is 12.6. The Labute approximate surface area is 234 Å². The smallest absolute Gasteiger partial charge is 0.255 e. The minimum atomic E-state index is -0.317. The molecule has 1 aliphatic carbocycles. The number of hydrogen-bond donors (Lipinski definition) is 2. The van der Waals surface area contributed by atoms with E-state index < -0.39 is 0 Å². The van der Waals surface area contributed by atoms with Gasteiger partial charge in [-0.15, -0.1) is 11.8 Å². The molecule has 2 amide bonds.